The lowest BCUT2D eigenvalue weighted by Gasteiger charge is -2.41. The molecule has 2 unspecified atom stereocenters. The highest BCUT2D eigenvalue weighted by Gasteiger charge is 2.31. The van der Waals surface area contributed by atoms with E-state index in [1.54, 1.807) is 0 Å². The van der Waals surface area contributed by atoms with Crippen molar-refractivity contribution in [1.29, 1.82) is 0 Å². The van der Waals surface area contributed by atoms with Crippen molar-refractivity contribution in [3.8, 4) is 0 Å². The molecule has 0 aromatic heterocycles. The van der Waals surface area contributed by atoms with Crippen LogP contribution in [0.15, 0.2) is 42.5 Å². The van der Waals surface area contributed by atoms with Crippen LogP contribution in [0.1, 0.15) is 31.4 Å². The first kappa shape index (κ1) is 14.6. The second-order valence-corrected chi connectivity index (χ2v) is 6.14. The molecular weight excluding hydrogens is 256 g/mol. The van der Waals surface area contributed by atoms with E-state index in [0.717, 1.165) is 13.1 Å². The fourth-order valence-electron chi connectivity index (χ4n) is 3.86. The largest absolute Gasteiger partial charge is 0.319 e. The molecule has 1 N–H and O–H groups in total. The molecule has 21 heavy (non-hydrogen) atoms. The van der Waals surface area contributed by atoms with Crippen LogP contribution < -0.4 is 5.32 Å². The van der Waals surface area contributed by atoms with Gasteiger partial charge in [-0.25, -0.2) is 0 Å². The van der Waals surface area contributed by atoms with Crippen molar-refractivity contribution in [2.24, 2.45) is 5.92 Å². The summed E-state index contributed by atoms with van der Waals surface area (Å²) in [5.41, 5.74) is 1.48. The monoisotopic (exact) mass is 282 g/mol. The van der Waals surface area contributed by atoms with E-state index in [-0.39, 0.29) is 0 Å². The fraction of sp³-hybridized carbons (Fsp3) is 0.474. The lowest BCUT2D eigenvalue weighted by molar-refractivity contribution is 0.0983. The molecule has 0 aliphatic carbocycles. The van der Waals surface area contributed by atoms with Crippen LogP contribution in [0, 0.1) is 5.92 Å². The minimum absolute atomic E-state index is 0.556. The number of hydrogen-bond donors (Lipinski definition) is 1. The third kappa shape index (κ3) is 2.97. The van der Waals surface area contributed by atoms with Crippen LogP contribution in [-0.4, -0.2) is 31.6 Å². The highest BCUT2D eigenvalue weighted by atomic mass is 15.2. The second-order valence-electron chi connectivity index (χ2n) is 6.14. The molecular formula is C19H26N2. The first-order chi connectivity index (χ1) is 10.3. The van der Waals surface area contributed by atoms with Crippen molar-refractivity contribution in [3.63, 3.8) is 0 Å². The van der Waals surface area contributed by atoms with E-state index < -0.39 is 0 Å². The summed E-state index contributed by atoms with van der Waals surface area (Å²) in [6.45, 7) is 5.76. The van der Waals surface area contributed by atoms with Gasteiger partial charge in [0.2, 0.25) is 0 Å². The summed E-state index contributed by atoms with van der Waals surface area (Å²) < 4.78 is 0. The zero-order chi connectivity index (χ0) is 14.7. The van der Waals surface area contributed by atoms with E-state index in [9.17, 15) is 0 Å². The molecule has 1 saturated heterocycles. The molecule has 2 atom stereocenters. The second kappa shape index (κ2) is 6.59. The number of benzene rings is 2. The maximum Gasteiger partial charge on any atom is 0.0388 e. The molecule has 2 aromatic carbocycles. The molecule has 2 aromatic rings. The van der Waals surface area contributed by atoms with E-state index in [1.165, 1.54) is 35.7 Å². The Kier molecular flexibility index (Phi) is 4.57. The zero-order valence-electron chi connectivity index (χ0n) is 13.2. The summed E-state index contributed by atoms with van der Waals surface area (Å²) in [6.07, 6.45) is 2.65. The zero-order valence-corrected chi connectivity index (χ0v) is 13.2. The van der Waals surface area contributed by atoms with Gasteiger partial charge in [-0.3, -0.25) is 4.90 Å². The van der Waals surface area contributed by atoms with Gasteiger partial charge in [-0.15, -0.1) is 0 Å². The standard InChI is InChI=1S/C19H26N2/c1-3-21-12-6-9-18(14-20-2)19(21)17-11-10-15-7-4-5-8-16(15)13-17/h4-5,7-8,10-11,13,18-20H,3,6,9,12,14H2,1-2H3. The molecule has 1 aliphatic heterocycles. The summed E-state index contributed by atoms with van der Waals surface area (Å²) in [5, 5.41) is 6.09. The Bertz CT molecular complexity index is 591. The summed E-state index contributed by atoms with van der Waals surface area (Å²) in [4.78, 5) is 2.65. The smallest absolute Gasteiger partial charge is 0.0388 e. The van der Waals surface area contributed by atoms with Gasteiger partial charge in [0.05, 0.1) is 0 Å². The van der Waals surface area contributed by atoms with Crippen LogP contribution in [0.5, 0.6) is 0 Å². The number of likely N-dealkylation sites (tertiary alicyclic amines) is 1. The molecule has 0 amide bonds. The highest BCUT2D eigenvalue weighted by Crippen LogP contribution is 2.36. The average Bonchev–Trinajstić information content (AvgIpc) is 2.54. The molecule has 1 aliphatic rings. The number of hydrogen-bond acceptors (Lipinski definition) is 2. The maximum atomic E-state index is 3.39. The quantitative estimate of drug-likeness (QED) is 0.917. The minimum atomic E-state index is 0.556. The first-order valence-corrected chi connectivity index (χ1v) is 8.21. The number of nitrogens with zero attached hydrogens (tertiary/aromatic N) is 1. The van der Waals surface area contributed by atoms with Crippen LogP contribution in [0.2, 0.25) is 0 Å². The van der Waals surface area contributed by atoms with Crippen LogP contribution in [-0.2, 0) is 0 Å². The van der Waals surface area contributed by atoms with E-state index in [4.69, 9.17) is 0 Å². The molecule has 0 spiro atoms. The highest BCUT2D eigenvalue weighted by molar-refractivity contribution is 5.83. The lowest BCUT2D eigenvalue weighted by atomic mass is 9.84. The van der Waals surface area contributed by atoms with Gasteiger partial charge in [0, 0.05) is 6.04 Å². The molecule has 1 heterocycles. The number of nitrogens with one attached hydrogen (secondary N) is 1. The third-order valence-corrected chi connectivity index (χ3v) is 4.85. The molecule has 0 bridgehead atoms. The first-order valence-electron chi connectivity index (χ1n) is 8.21. The normalized spacial score (nSPS) is 23.5. The molecule has 112 valence electrons. The van der Waals surface area contributed by atoms with Crippen molar-refractivity contribution in [2.75, 3.05) is 26.7 Å². The summed E-state index contributed by atoms with van der Waals surface area (Å²) in [6, 6.07) is 16.2. The number of fused-ring (bicyclic) bond motifs is 1. The molecule has 2 nitrogen and oxygen atoms in total. The van der Waals surface area contributed by atoms with Crippen molar-refractivity contribution in [1.82, 2.24) is 10.2 Å². The van der Waals surface area contributed by atoms with Gasteiger partial charge in [0.15, 0.2) is 0 Å². The molecule has 2 heteroatoms. The van der Waals surface area contributed by atoms with Gasteiger partial charge in [-0.05, 0) is 67.8 Å². The minimum Gasteiger partial charge on any atom is -0.319 e. The van der Waals surface area contributed by atoms with E-state index in [1.807, 2.05) is 0 Å². The topological polar surface area (TPSA) is 15.3 Å². The fourth-order valence-corrected chi connectivity index (χ4v) is 3.86. The summed E-state index contributed by atoms with van der Waals surface area (Å²) in [7, 11) is 2.07. The molecule has 0 radical (unpaired) electrons. The van der Waals surface area contributed by atoms with Crippen molar-refractivity contribution >= 4 is 10.8 Å². The third-order valence-electron chi connectivity index (χ3n) is 4.85. The number of rotatable bonds is 4. The van der Waals surface area contributed by atoms with Gasteiger partial charge >= 0.3 is 0 Å². The Balaban J connectivity index is 1.98. The van der Waals surface area contributed by atoms with Crippen LogP contribution in [0.3, 0.4) is 0 Å². The van der Waals surface area contributed by atoms with Crippen molar-refractivity contribution in [2.45, 2.75) is 25.8 Å². The van der Waals surface area contributed by atoms with Crippen molar-refractivity contribution < 1.29 is 0 Å². The van der Waals surface area contributed by atoms with Gasteiger partial charge in [0.25, 0.3) is 0 Å². The summed E-state index contributed by atoms with van der Waals surface area (Å²) >= 11 is 0. The Morgan fingerprint density at radius 2 is 1.95 bits per heavy atom. The van der Waals surface area contributed by atoms with Gasteiger partial charge in [0.1, 0.15) is 0 Å². The molecule has 1 fully saturated rings. The Hall–Kier alpha value is -1.38. The van der Waals surface area contributed by atoms with Gasteiger partial charge in [-0.2, -0.15) is 0 Å². The SMILES string of the molecule is CCN1CCCC(CNC)C1c1ccc2ccccc2c1. The molecule has 3 rings (SSSR count). The lowest BCUT2D eigenvalue weighted by Crippen LogP contribution is -2.41. The Morgan fingerprint density at radius 1 is 1.14 bits per heavy atom. The van der Waals surface area contributed by atoms with Crippen LogP contribution in [0.25, 0.3) is 10.8 Å². The van der Waals surface area contributed by atoms with Gasteiger partial charge in [-0.1, -0.05) is 43.3 Å². The summed E-state index contributed by atoms with van der Waals surface area (Å²) in [5.74, 6) is 0.713. The van der Waals surface area contributed by atoms with Crippen LogP contribution >= 0.6 is 0 Å². The Labute approximate surface area is 128 Å². The Morgan fingerprint density at radius 3 is 2.71 bits per heavy atom. The predicted octanol–water partition coefficient (Wildman–Crippen LogP) is 3.83. The van der Waals surface area contributed by atoms with E-state index >= 15 is 0 Å². The van der Waals surface area contributed by atoms with E-state index in [0.29, 0.717) is 12.0 Å². The average molecular weight is 282 g/mol. The number of piperidine rings is 1. The van der Waals surface area contributed by atoms with Crippen LogP contribution in [0.4, 0.5) is 0 Å². The van der Waals surface area contributed by atoms with Gasteiger partial charge < -0.3 is 5.32 Å². The maximum absolute atomic E-state index is 3.39. The van der Waals surface area contributed by atoms with E-state index in [2.05, 4.69) is 66.7 Å². The van der Waals surface area contributed by atoms with Crippen molar-refractivity contribution in [3.05, 3.63) is 48.0 Å². The molecule has 0 saturated carbocycles. The predicted molar refractivity (Wildman–Crippen MR) is 90.6 cm³/mol.